The van der Waals surface area contributed by atoms with Crippen molar-refractivity contribution in [2.45, 2.75) is 33.2 Å². The van der Waals surface area contributed by atoms with Crippen LogP contribution < -0.4 is 10.2 Å². The molecule has 1 aliphatic rings. The maximum Gasteiger partial charge on any atom is 0.231 e. The highest BCUT2D eigenvalue weighted by atomic mass is 16.3. The van der Waals surface area contributed by atoms with Crippen LogP contribution in [0.2, 0.25) is 0 Å². The fourth-order valence-electron chi connectivity index (χ4n) is 3.61. The van der Waals surface area contributed by atoms with Crippen molar-refractivity contribution in [2.75, 3.05) is 18.0 Å². The normalized spacial score (nSPS) is 17.3. The zero-order valence-corrected chi connectivity index (χ0v) is 15.6. The van der Waals surface area contributed by atoms with E-state index in [0.717, 1.165) is 47.6 Å². The summed E-state index contributed by atoms with van der Waals surface area (Å²) in [5.74, 6) is 1.71. The average Bonchev–Trinajstić information content (AvgIpc) is 3.01. The first-order chi connectivity index (χ1) is 13.1. The number of anilines is 1. The molecule has 0 aliphatic carbocycles. The summed E-state index contributed by atoms with van der Waals surface area (Å²) in [5, 5.41) is 3.96. The molecule has 7 heteroatoms. The molecule has 3 aromatic rings. The minimum atomic E-state index is -0.0687. The number of aryl methyl sites for hydroxylation is 2. The van der Waals surface area contributed by atoms with Crippen LogP contribution in [0, 0.1) is 19.8 Å². The lowest BCUT2D eigenvalue weighted by atomic mass is 9.96. The highest BCUT2D eigenvalue weighted by Crippen LogP contribution is 2.32. The third kappa shape index (κ3) is 3.49. The molecule has 0 spiro atoms. The van der Waals surface area contributed by atoms with E-state index in [1.54, 1.807) is 6.20 Å². The largest absolute Gasteiger partial charge is 0.443 e. The Labute approximate surface area is 157 Å². The van der Waals surface area contributed by atoms with Gasteiger partial charge in [-0.05, 0) is 38.8 Å². The lowest BCUT2D eigenvalue weighted by Crippen LogP contribution is -2.43. The number of aromatic nitrogens is 3. The van der Waals surface area contributed by atoms with E-state index in [1.807, 2.05) is 32.0 Å². The highest BCUT2D eigenvalue weighted by Gasteiger charge is 2.28. The zero-order valence-electron chi connectivity index (χ0n) is 15.6. The molecule has 7 nitrogen and oxygen atoms in total. The first-order valence-corrected chi connectivity index (χ1v) is 9.26. The molecular formula is C20H23N5O2. The number of carbonyl (C=O) groups is 1. The molecule has 1 unspecified atom stereocenters. The van der Waals surface area contributed by atoms with Crippen molar-refractivity contribution in [1.82, 2.24) is 20.3 Å². The summed E-state index contributed by atoms with van der Waals surface area (Å²) >= 11 is 0. The Morgan fingerprint density at radius 3 is 3.00 bits per heavy atom. The first kappa shape index (κ1) is 17.5. The SMILES string of the molecule is Cc1oc2ncnc(N3CCCC(C(=O)NCc4ccccn4)C3)c2c1C. The van der Waals surface area contributed by atoms with Gasteiger partial charge in [-0.25, -0.2) is 9.97 Å². The van der Waals surface area contributed by atoms with Crippen LogP contribution in [0.1, 0.15) is 29.9 Å². The second-order valence-corrected chi connectivity index (χ2v) is 6.98. The molecular weight excluding hydrogens is 342 g/mol. The smallest absolute Gasteiger partial charge is 0.231 e. The van der Waals surface area contributed by atoms with Gasteiger partial charge >= 0.3 is 0 Å². The number of fused-ring (bicyclic) bond motifs is 1. The lowest BCUT2D eigenvalue weighted by Gasteiger charge is -2.33. The van der Waals surface area contributed by atoms with Gasteiger partial charge in [0, 0.05) is 24.8 Å². The van der Waals surface area contributed by atoms with Gasteiger partial charge in [-0.3, -0.25) is 9.78 Å². The lowest BCUT2D eigenvalue weighted by molar-refractivity contribution is -0.125. The molecule has 1 saturated heterocycles. The van der Waals surface area contributed by atoms with Crippen molar-refractivity contribution in [3.8, 4) is 0 Å². The highest BCUT2D eigenvalue weighted by molar-refractivity contribution is 5.90. The summed E-state index contributed by atoms with van der Waals surface area (Å²) in [6, 6.07) is 5.70. The van der Waals surface area contributed by atoms with Crippen LogP contribution in [0.25, 0.3) is 11.1 Å². The van der Waals surface area contributed by atoms with Gasteiger partial charge in [-0.2, -0.15) is 0 Å². The van der Waals surface area contributed by atoms with E-state index in [-0.39, 0.29) is 11.8 Å². The minimum Gasteiger partial charge on any atom is -0.443 e. The Balaban J connectivity index is 1.49. The predicted octanol–water partition coefficient (Wildman–Crippen LogP) is 2.77. The van der Waals surface area contributed by atoms with Gasteiger partial charge in [0.25, 0.3) is 0 Å². The summed E-state index contributed by atoms with van der Waals surface area (Å²) in [6.07, 6.45) is 5.09. The van der Waals surface area contributed by atoms with Crippen molar-refractivity contribution in [3.63, 3.8) is 0 Å². The molecule has 0 aromatic carbocycles. The van der Waals surface area contributed by atoms with Crippen molar-refractivity contribution in [1.29, 1.82) is 0 Å². The van der Waals surface area contributed by atoms with E-state index in [0.29, 0.717) is 18.8 Å². The summed E-state index contributed by atoms with van der Waals surface area (Å²) in [4.78, 5) is 27.8. The Hall–Kier alpha value is -2.96. The quantitative estimate of drug-likeness (QED) is 0.765. The van der Waals surface area contributed by atoms with Crippen LogP contribution in [0.3, 0.4) is 0 Å². The fraction of sp³-hybridized carbons (Fsp3) is 0.400. The van der Waals surface area contributed by atoms with Crippen LogP contribution >= 0.6 is 0 Å². The molecule has 4 heterocycles. The Morgan fingerprint density at radius 1 is 1.30 bits per heavy atom. The number of amides is 1. The molecule has 27 heavy (non-hydrogen) atoms. The Kier molecular flexibility index (Phi) is 4.75. The second-order valence-electron chi connectivity index (χ2n) is 6.98. The number of rotatable bonds is 4. The number of hydrogen-bond acceptors (Lipinski definition) is 6. The van der Waals surface area contributed by atoms with E-state index in [2.05, 4.69) is 25.2 Å². The summed E-state index contributed by atoms with van der Waals surface area (Å²) in [7, 11) is 0. The molecule has 1 amide bonds. The van der Waals surface area contributed by atoms with Crippen molar-refractivity contribution in [3.05, 3.63) is 47.7 Å². The number of piperidine rings is 1. The van der Waals surface area contributed by atoms with Crippen molar-refractivity contribution < 1.29 is 9.21 Å². The van der Waals surface area contributed by atoms with E-state index < -0.39 is 0 Å². The van der Waals surface area contributed by atoms with Gasteiger partial charge in [0.15, 0.2) is 0 Å². The summed E-state index contributed by atoms with van der Waals surface area (Å²) in [5.41, 5.74) is 2.53. The molecule has 1 aliphatic heterocycles. The van der Waals surface area contributed by atoms with Gasteiger partial charge in [0.05, 0.1) is 23.5 Å². The maximum absolute atomic E-state index is 12.7. The van der Waals surface area contributed by atoms with E-state index in [9.17, 15) is 4.79 Å². The van der Waals surface area contributed by atoms with Gasteiger partial charge < -0.3 is 14.6 Å². The average molecular weight is 365 g/mol. The second kappa shape index (κ2) is 7.34. The Morgan fingerprint density at radius 2 is 2.19 bits per heavy atom. The summed E-state index contributed by atoms with van der Waals surface area (Å²) < 4.78 is 5.73. The van der Waals surface area contributed by atoms with Crippen molar-refractivity contribution in [2.24, 2.45) is 5.92 Å². The molecule has 140 valence electrons. The molecule has 3 aromatic heterocycles. The van der Waals surface area contributed by atoms with Gasteiger partial charge in [-0.1, -0.05) is 6.07 Å². The topological polar surface area (TPSA) is 84.2 Å². The van der Waals surface area contributed by atoms with Crippen molar-refractivity contribution >= 4 is 22.8 Å². The molecule has 4 rings (SSSR count). The van der Waals surface area contributed by atoms with Gasteiger partial charge in [0.2, 0.25) is 11.6 Å². The van der Waals surface area contributed by atoms with E-state index >= 15 is 0 Å². The monoisotopic (exact) mass is 365 g/mol. The zero-order chi connectivity index (χ0) is 18.8. The number of carbonyl (C=O) groups excluding carboxylic acids is 1. The van der Waals surface area contributed by atoms with Crippen LogP contribution in [-0.2, 0) is 11.3 Å². The van der Waals surface area contributed by atoms with Crippen LogP contribution in [-0.4, -0.2) is 33.9 Å². The number of hydrogen-bond donors (Lipinski definition) is 1. The molecule has 1 atom stereocenters. The summed E-state index contributed by atoms with van der Waals surface area (Å²) in [6.45, 7) is 5.93. The van der Waals surface area contributed by atoms with Crippen LogP contribution in [0.15, 0.2) is 35.1 Å². The maximum atomic E-state index is 12.7. The third-order valence-corrected chi connectivity index (χ3v) is 5.21. The number of furan rings is 1. The number of nitrogens with zero attached hydrogens (tertiary/aromatic N) is 4. The molecule has 1 N–H and O–H groups in total. The molecule has 0 bridgehead atoms. The minimum absolute atomic E-state index is 0.0655. The van der Waals surface area contributed by atoms with E-state index in [1.165, 1.54) is 6.33 Å². The standard InChI is InChI=1S/C20H23N5O2/c1-13-14(2)27-20-17(13)18(23-12-24-20)25-9-5-6-15(11-25)19(26)22-10-16-7-3-4-8-21-16/h3-4,7-8,12,15H,5-6,9-11H2,1-2H3,(H,22,26). The Bertz CT molecular complexity index is 954. The van der Waals surface area contributed by atoms with Gasteiger partial charge in [0.1, 0.15) is 17.9 Å². The molecule has 0 radical (unpaired) electrons. The predicted molar refractivity (Wildman–Crippen MR) is 102 cm³/mol. The molecule has 0 saturated carbocycles. The fourth-order valence-corrected chi connectivity index (χ4v) is 3.61. The van der Waals surface area contributed by atoms with Gasteiger partial charge in [-0.15, -0.1) is 0 Å². The third-order valence-electron chi connectivity index (χ3n) is 5.21. The molecule has 1 fully saturated rings. The van der Waals surface area contributed by atoms with Crippen LogP contribution in [0.4, 0.5) is 5.82 Å². The number of pyridine rings is 1. The van der Waals surface area contributed by atoms with Crippen LogP contribution in [0.5, 0.6) is 0 Å². The van der Waals surface area contributed by atoms with E-state index in [4.69, 9.17) is 4.42 Å². The first-order valence-electron chi connectivity index (χ1n) is 9.26. The number of nitrogens with one attached hydrogen (secondary N) is 1.